The summed E-state index contributed by atoms with van der Waals surface area (Å²) in [6, 6.07) is 0. The summed E-state index contributed by atoms with van der Waals surface area (Å²) in [6.07, 6.45) is 1.42. The van der Waals surface area contributed by atoms with E-state index in [1.807, 2.05) is 0 Å². The zero-order valence-electron chi connectivity index (χ0n) is 14.3. The number of esters is 2. The monoisotopic (exact) mass is 382 g/mol. The van der Waals surface area contributed by atoms with Crippen LogP contribution in [0.15, 0.2) is 4.99 Å². The van der Waals surface area contributed by atoms with Gasteiger partial charge < -0.3 is 14.8 Å². The molecule has 0 radical (unpaired) electrons. The second-order valence-electron chi connectivity index (χ2n) is 4.69. The van der Waals surface area contributed by atoms with Gasteiger partial charge in [0.25, 0.3) is 0 Å². The highest BCUT2D eigenvalue weighted by Crippen LogP contribution is 2.26. The Kier molecular flexibility index (Phi) is 6.59. The minimum atomic E-state index is -0.401. The lowest BCUT2D eigenvalue weighted by atomic mass is 10.4. The van der Waals surface area contributed by atoms with E-state index in [9.17, 15) is 9.59 Å². The highest BCUT2D eigenvalue weighted by Gasteiger charge is 2.17. The van der Waals surface area contributed by atoms with Crippen molar-refractivity contribution in [2.45, 2.75) is 27.7 Å². The molecule has 0 saturated heterocycles. The fourth-order valence-electron chi connectivity index (χ4n) is 1.81. The van der Waals surface area contributed by atoms with E-state index in [-0.39, 0.29) is 0 Å². The highest BCUT2D eigenvalue weighted by molar-refractivity contribution is 7.18. The van der Waals surface area contributed by atoms with Crippen molar-refractivity contribution in [1.82, 2.24) is 9.97 Å². The minimum absolute atomic E-state index is 0.308. The zero-order chi connectivity index (χ0) is 18.4. The van der Waals surface area contributed by atoms with Crippen molar-refractivity contribution in [2.75, 3.05) is 18.5 Å². The fourth-order valence-corrected chi connectivity index (χ4v) is 3.44. The van der Waals surface area contributed by atoms with Crippen LogP contribution in [-0.2, 0) is 9.47 Å². The standard InChI is InChI=1S/C15H18N4O4S2/c1-5-22-12(20)10-8(3)18-14(24-10)16-7-17-15-19-9(4)11(25-15)13(21)23-6-2/h7H,5-6H2,1-4H3,(H,16,17,18,19). The first-order chi connectivity index (χ1) is 12.0. The van der Waals surface area contributed by atoms with Gasteiger partial charge in [0, 0.05) is 0 Å². The van der Waals surface area contributed by atoms with Crippen LogP contribution in [0.25, 0.3) is 0 Å². The van der Waals surface area contributed by atoms with Crippen molar-refractivity contribution in [3.05, 3.63) is 21.1 Å². The van der Waals surface area contributed by atoms with Gasteiger partial charge in [-0.2, -0.15) is 0 Å². The van der Waals surface area contributed by atoms with Crippen molar-refractivity contribution in [2.24, 2.45) is 4.99 Å². The summed E-state index contributed by atoms with van der Waals surface area (Å²) in [7, 11) is 0. The molecule has 1 N–H and O–H groups in total. The number of hydrogen-bond donors (Lipinski definition) is 1. The number of hydrogen-bond acceptors (Lipinski definition) is 9. The summed E-state index contributed by atoms with van der Waals surface area (Å²) in [6.45, 7) is 7.58. The molecule has 0 spiro atoms. The van der Waals surface area contributed by atoms with Crippen molar-refractivity contribution >= 4 is 51.2 Å². The first-order valence-corrected chi connectivity index (χ1v) is 9.17. The van der Waals surface area contributed by atoms with Crippen LogP contribution in [0.4, 0.5) is 10.3 Å². The fraction of sp³-hybridized carbons (Fsp3) is 0.400. The third-order valence-corrected chi connectivity index (χ3v) is 4.98. The second-order valence-corrected chi connectivity index (χ2v) is 6.66. The van der Waals surface area contributed by atoms with E-state index in [0.29, 0.717) is 44.6 Å². The number of ether oxygens (including phenoxy) is 2. The van der Waals surface area contributed by atoms with Crippen LogP contribution in [0.3, 0.4) is 0 Å². The third-order valence-electron chi connectivity index (χ3n) is 2.87. The molecule has 134 valence electrons. The molecule has 2 rings (SSSR count). The molecule has 0 amide bonds. The van der Waals surface area contributed by atoms with Crippen molar-refractivity contribution in [3.63, 3.8) is 0 Å². The number of aromatic nitrogens is 2. The molecule has 2 aromatic heterocycles. The Morgan fingerprint density at radius 2 is 1.60 bits per heavy atom. The smallest absolute Gasteiger partial charge is 0.350 e. The first kappa shape index (κ1) is 19.0. The Labute approximate surface area is 152 Å². The highest BCUT2D eigenvalue weighted by atomic mass is 32.1. The molecule has 2 aromatic rings. The number of aryl methyl sites for hydroxylation is 2. The molecule has 10 heteroatoms. The maximum atomic E-state index is 11.8. The topological polar surface area (TPSA) is 103 Å². The van der Waals surface area contributed by atoms with Gasteiger partial charge >= 0.3 is 11.9 Å². The molecule has 0 aliphatic rings. The average Bonchev–Trinajstić information content (AvgIpc) is 3.11. The summed E-state index contributed by atoms with van der Waals surface area (Å²) in [5.41, 5.74) is 1.17. The van der Waals surface area contributed by atoms with Gasteiger partial charge in [0.2, 0.25) is 5.13 Å². The molecule has 0 fully saturated rings. The van der Waals surface area contributed by atoms with Crippen molar-refractivity contribution in [3.8, 4) is 0 Å². The Bertz CT molecular complexity index is 798. The number of rotatable bonds is 7. The number of nitrogens with one attached hydrogen (secondary N) is 1. The average molecular weight is 382 g/mol. The lowest BCUT2D eigenvalue weighted by Crippen LogP contribution is -2.03. The summed E-state index contributed by atoms with van der Waals surface area (Å²) < 4.78 is 9.94. The predicted octanol–water partition coefficient (Wildman–Crippen LogP) is 3.34. The van der Waals surface area contributed by atoms with Gasteiger partial charge in [-0.25, -0.2) is 24.5 Å². The largest absolute Gasteiger partial charge is 0.462 e. The van der Waals surface area contributed by atoms with Crippen LogP contribution in [-0.4, -0.2) is 41.5 Å². The van der Waals surface area contributed by atoms with Gasteiger partial charge in [-0.1, -0.05) is 22.7 Å². The maximum Gasteiger partial charge on any atom is 0.350 e. The summed E-state index contributed by atoms with van der Waals surface area (Å²) in [5, 5.41) is 3.83. The van der Waals surface area contributed by atoms with Gasteiger partial charge in [-0.05, 0) is 27.7 Å². The number of anilines is 1. The number of carbonyl (C=O) groups is 2. The summed E-state index contributed by atoms with van der Waals surface area (Å²) in [5.74, 6) is -0.793. The Balaban J connectivity index is 2.04. The quantitative estimate of drug-likeness (QED) is 0.445. The molecule has 0 saturated carbocycles. The second kappa shape index (κ2) is 8.67. The maximum absolute atomic E-state index is 11.8. The molecule has 25 heavy (non-hydrogen) atoms. The molecular formula is C15H18N4O4S2. The molecule has 0 unspecified atom stereocenters. The van der Waals surface area contributed by atoms with E-state index in [0.717, 1.165) is 11.3 Å². The van der Waals surface area contributed by atoms with E-state index in [4.69, 9.17) is 9.47 Å². The number of carbonyl (C=O) groups excluding carboxylic acids is 2. The van der Waals surface area contributed by atoms with E-state index in [1.165, 1.54) is 17.7 Å². The van der Waals surface area contributed by atoms with E-state index < -0.39 is 11.9 Å². The lowest BCUT2D eigenvalue weighted by molar-refractivity contribution is 0.0521. The minimum Gasteiger partial charge on any atom is -0.462 e. The molecule has 0 aliphatic carbocycles. The van der Waals surface area contributed by atoms with Gasteiger partial charge in [0.1, 0.15) is 9.75 Å². The van der Waals surface area contributed by atoms with E-state index in [1.54, 1.807) is 27.7 Å². The SMILES string of the molecule is CCOC(=O)c1sc(/N=C/Nc2nc(C)c(C(=O)OCC)s2)nc1C. The molecule has 0 bridgehead atoms. The van der Waals surface area contributed by atoms with Gasteiger partial charge in [0.05, 0.1) is 30.9 Å². The molecule has 0 atom stereocenters. The van der Waals surface area contributed by atoms with Crippen molar-refractivity contribution < 1.29 is 19.1 Å². The zero-order valence-corrected chi connectivity index (χ0v) is 15.9. The van der Waals surface area contributed by atoms with Crippen LogP contribution in [0, 0.1) is 13.8 Å². The summed E-state index contributed by atoms with van der Waals surface area (Å²) >= 11 is 2.33. The molecule has 0 aliphatic heterocycles. The van der Waals surface area contributed by atoms with Crippen molar-refractivity contribution in [1.29, 1.82) is 0 Å². The van der Waals surface area contributed by atoms with Crippen LogP contribution in [0.1, 0.15) is 44.6 Å². The predicted molar refractivity (Wildman–Crippen MR) is 97.4 cm³/mol. The van der Waals surface area contributed by atoms with Crippen LogP contribution in [0.2, 0.25) is 0 Å². The van der Waals surface area contributed by atoms with E-state index >= 15 is 0 Å². The number of aliphatic imine (C=N–C) groups is 1. The molecule has 2 heterocycles. The lowest BCUT2D eigenvalue weighted by Gasteiger charge is -1.97. The van der Waals surface area contributed by atoms with Gasteiger partial charge in [0.15, 0.2) is 5.13 Å². The Morgan fingerprint density at radius 1 is 1.04 bits per heavy atom. The third kappa shape index (κ3) is 4.83. The Hall–Kier alpha value is -2.33. The molecular weight excluding hydrogens is 364 g/mol. The van der Waals surface area contributed by atoms with Gasteiger partial charge in [-0.3, -0.25) is 0 Å². The van der Waals surface area contributed by atoms with Crippen LogP contribution >= 0.6 is 22.7 Å². The van der Waals surface area contributed by atoms with Crippen LogP contribution in [0.5, 0.6) is 0 Å². The molecule has 0 aromatic carbocycles. The molecule has 8 nitrogen and oxygen atoms in total. The first-order valence-electron chi connectivity index (χ1n) is 7.54. The normalized spacial score (nSPS) is 10.9. The van der Waals surface area contributed by atoms with Gasteiger partial charge in [-0.15, -0.1) is 0 Å². The Morgan fingerprint density at radius 3 is 2.20 bits per heavy atom. The summed E-state index contributed by atoms with van der Waals surface area (Å²) in [4.78, 5) is 37.0. The number of thiazole rings is 2. The van der Waals surface area contributed by atoms with Crippen LogP contribution < -0.4 is 5.32 Å². The van der Waals surface area contributed by atoms with E-state index in [2.05, 4.69) is 20.3 Å². The number of nitrogens with zero attached hydrogens (tertiary/aromatic N) is 3.